The molecule has 2 heterocycles. The van der Waals surface area contributed by atoms with Crippen LogP contribution >= 0.6 is 0 Å². The lowest BCUT2D eigenvalue weighted by Crippen LogP contribution is -2.64. The zero-order valence-electron chi connectivity index (χ0n) is 16.4. The van der Waals surface area contributed by atoms with Crippen molar-refractivity contribution in [3.8, 4) is 0 Å². The van der Waals surface area contributed by atoms with Crippen LogP contribution in [0.15, 0.2) is 0 Å². The monoisotopic (exact) mass is 426 g/mol. The molecule has 0 saturated carbocycles. The van der Waals surface area contributed by atoms with Crippen LogP contribution in [0.2, 0.25) is 0 Å². The lowest BCUT2D eigenvalue weighted by Gasteiger charge is -2.45. The number of rotatable bonds is 5. The molecule has 0 spiro atoms. The molecular weight excluding hydrogens is 396 g/mol. The van der Waals surface area contributed by atoms with Crippen LogP contribution in [-0.2, 0) is 23.7 Å². The molecule has 7 N–H and O–H groups in total. The predicted octanol–water partition coefficient (Wildman–Crippen LogP) is -3.80. The van der Waals surface area contributed by atoms with E-state index in [1.807, 2.05) is 0 Å². The van der Waals surface area contributed by atoms with E-state index in [0.29, 0.717) is 0 Å². The summed E-state index contributed by atoms with van der Waals surface area (Å²) in [6.45, 7) is 3.72. The van der Waals surface area contributed by atoms with E-state index < -0.39 is 86.0 Å². The molecular formula is C17H30O12. The van der Waals surface area contributed by atoms with Gasteiger partial charge in [-0.2, -0.15) is 0 Å². The van der Waals surface area contributed by atoms with E-state index in [2.05, 4.69) is 0 Å². The minimum absolute atomic E-state index is 0.449. The maximum atomic E-state index is 11.9. The van der Waals surface area contributed by atoms with E-state index in [9.17, 15) is 40.5 Å². The molecule has 0 aromatic carbocycles. The predicted molar refractivity (Wildman–Crippen MR) is 91.9 cm³/mol. The quantitative estimate of drug-likeness (QED) is 0.212. The summed E-state index contributed by atoms with van der Waals surface area (Å²) in [5, 5.41) is 69.2. The van der Waals surface area contributed by atoms with Crippen LogP contribution < -0.4 is 0 Å². The third-order valence-electron chi connectivity index (χ3n) is 4.79. The van der Waals surface area contributed by atoms with Gasteiger partial charge in [-0.1, -0.05) is 0 Å². The summed E-state index contributed by atoms with van der Waals surface area (Å²) < 4.78 is 20.8. The van der Waals surface area contributed by atoms with Gasteiger partial charge >= 0.3 is 5.97 Å². The van der Waals surface area contributed by atoms with Crippen LogP contribution in [0, 0.1) is 5.41 Å². The second-order valence-corrected chi connectivity index (χ2v) is 8.19. The van der Waals surface area contributed by atoms with Gasteiger partial charge in [0, 0.05) is 0 Å². The Hall–Kier alpha value is -0.930. The summed E-state index contributed by atoms with van der Waals surface area (Å²) in [4.78, 5) is 11.9. The lowest BCUT2D eigenvalue weighted by atomic mass is 9.96. The van der Waals surface area contributed by atoms with E-state index in [1.165, 1.54) is 0 Å². The van der Waals surface area contributed by atoms with E-state index in [0.717, 1.165) is 0 Å². The highest BCUT2D eigenvalue weighted by Gasteiger charge is 2.50. The first-order chi connectivity index (χ1) is 13.4. The maximum absolute atomic E-state index is 11.9. The second kappa shape index (κ2) is 9.47. The SMILES string of the molecule is CC(C)(C)C(=O)OC[C@H]1O[C@@H](O[C@H]2[C@H](O)[C@@H](O)[C@@H](O)O[C@@H]2CO)[C@H](O)[C@@H](O)[C@H]1O. The third-order valence-corrected chi connectivity index (χ3v) is 4.79. The van der Waals surface area contributed by atoms with Gasteiger partial charge in [0.1, 0.15) is 55.4 Å². The van der Waals surface area contributed by atoms with E-state index in [1.54, 1.807) is 20.8 Å². The van der Waals surface area contributed by atoms with Crippen LogP contribution in [0.25, 0.3) is 0 Å². The van der Waals surface area contributed by atoms with Crippen molar-refractivity contribution in [3.63, 3.8) is 0 Å². The first-order valence-corrected chi connectivity index (χ1v) is 9.21. The molecule has 0 amide bonds. The highest BCUT2D eigenvalue weighted by atomic mass is 16.7. The third kappa shape index (κ3) is 5.41. The molecule has 170 valence electrons. The van der Waals surface area contributed by atoms with Crippen molar-refractivity contribution in [2.45, 2.75) is 82.2 Å². The van der Waals surface area contributed by atoms with Crippen molar-refractivity contribution in [2.75, 3.05) is 13.2 Å². The number of ether oxygens (including phenoxy) is 4. The minimum Gasteiger partial charge on any atom is -0.462 e. The van der Waals surface area contributed by atoms with Crippen molar-refractivity contribution in [3.05, 3.63) is 0 Å². The molecule has 2 aliphatic rings. The molecule has 0 aromatic rings. The van der Waals surface area contributed by atoms with Gasteiger partial charge in [0.25, 0.3) is 0 Å². The van der Waals surface area contributed by atoms with E-state index in [4.69, 9.17) is 18.9 Å². The zero-order chi connectivity index (χ0) is 22.1. The first kappa shape index (κ1) is 24.3. The fourth-order valence-corrected chi connectivity index (χ4v) is 2.93. The van der Waals surface area contributed by atoms with Gasteiger partial charge in [-0.05, 0) is 20.8 Å². The molecule has 12 heteroatoms. The van der Waals surface area contributed by atoms with Crippen LogP contribution in [0.1, 0.15) is 20.8 Å². The van der Waals surface area contributed by atoms with Gasteiger partial charge in [0.2, 0.25) is 0 Å². The first-order valence-electron chi connectivity index (χ1n) is 9.21. The van der Waals surface area contributed by atoms with Crippen molar-refractivity contribution in [2.24, 2.45) is 5.41 Å². The molecule has 0 aromatic heterocycles. The molecule has 0 radical (unpaired) electrons. The molecule has 29 heavy (non-hydrogen) atoms. The van der Waals surface area contributed by atoms with Gasteiger partial charge in [-0.15, -0.1) is 0 Å². The fraction of sp³-hybridized carbons (Fsp3) is 0.941. The molecule has 2 fully saturated rings. The Bertz CT molecular complexity index is 549. The zero-order valence-corrected chi connectivity index (χ0v) is 16.4. The molecule has 0 bridgehead atoms. The minimum atomic E-state index is -1.77. The number of esters is 1. The lowest BCUT2D eigenvalue weighted by molar-refractivity contribution is -0.355. The van der Waals surface area contributed by atoms with E-state index in [-0.39, 0.29) is 0 Å². The van der Waals surface area contributed by atoms with Crippen molar-refractivity contribution in [1.29, 1.82) is 0 Å². The van der Waals surface area contributed by atoms with Crippen molar-refractivity contribution in [1.82, 2.24) is 0 Å². The molecule has 2 aliphatic heterocycles. The number of hydrogen-bond donors (Lipinski definition) is 7. The molecule has 10 atom stereocenters. The number of carbonyl (C=O) groups excluding carboxylic acids is 1. The Morgan fingerprint density at radius 2 is 1.48 bits per heavy atom. The highest BCUT2D eigenvalue weighted by molar-refractivity contribution is 5.75. The fourth-order valence-electron chi connectivity index (χ4n) is 2.93. The molecule has 0 aliphatic carbocycles. The normalized spacial score (nSPS) is 43.8. The Balaban J connectivity index is 2.09. The van der Waals surface area contributed by atoms with E-state index >= 15 is 0 Å². The topological polar surface area (TPSA) is 196 Å². The highest BCUT2D eigenvalue weighted by Crippen LogP contribution is 2.29. The Labute approximate surface area is 167 Å². The molecule has 2 saturated heterocycles. The average molecular weight is 426 g/mol. The maximum Gasteiger partial charge on any atom is 0.311 e. The van der Waals surface area contributed by atoms with Crippen molar-refractivity contribution >= 4 is 5.97 Å². The van der Waals surface area contributed by atoms with Gasteiger partial charge in [0.15, 0.2) is 12.6 Å². The Kier molecular flexibility index (Phi) is 7.95. The van der Waals surface area contributed by atoms with Gasteiger partial charge in [-0.25, -0.2) is 0 Å². The second-order valence-electron chi connectivity index (χ2n) is 8.19. The van der Waals surface area contributed by atoms with Crippen molar-refractivity contribution < 1.29 is 59.5 Å². The Morgan fingerprint density at radius 1 is 0.862 bits per heavy atom. The Morgan fingerprint density at radius 3 is 2.03 bits per heavy atom. The summed E-state index contributed by atoms with van der Waals surface area (Å²) in [7, 11) is 0. The number of aliphatic hydroxyl groups excluding tert-OH is 7. The smallest absolute Gasteiger partial charge is 0.311 e. The summed E-state index contributed by atoms with van der Waals surface area (Å²) in [5.41, 5.74) is -0.817. The summed E-state index contributed by atoms with van der Waals surface area (Å²) in [5.74, 6) is -0.583. The number of carbonyl (C=O) groups is 1. The largest absolute Gasteiger partial charge is 0.462 e. The summed E-state index contributed by atoms with van der Waals surface area (Å²) >= 11 is 0. The molecule has 2 rings (SSSR count). The summed E-state index contributed by atoms with van der Waals surface area (Å²) in [6.07, 6.45) is -16.0. The van der Waals surface area contributed by atoms with Crippen LogP contribution in [0.3, 0.4) is 0 Å². The van der Waals surface area contributed by atoms with Crippen LogP contribution in [-0.4, -0.2) is 116 Å². The molecule has 0 unspecified atom stereocenters. The standard InChI is InChI=1S/C17H30O12/c1-17(2,3)16(25)26-5-7-8(19)9(20)12(23)15(28-7)29-13-6(4-18)27-14(24)11(22)10(13)21/h6-15,18-24H,4-5H2,1-3H3/t6-,7-,8+,9+,10-,11-,12-,13-,14+,15+/m1/s1. The number of aliphatic hydroxyl groups is 7. The average Bonchev–Trinajstić information content (AvgIpc) is 2.66. The van der Waals surface area contributed by atoms with Gasteiger partial charge < -0.3 is 54.7 Å². The van der Waals surface area contributed by atoms with Crippen LogP contribution in [0.4, 0.5) is 0 Å². The number of hydrogen-bond acceptors (Lipinski definition) is 12. The van der Waals surface area contributed by atoms with Gasteiger partial charge in [0.05, 0.1) is 12.0 Å². The van der Waals surface area contributed by atoms with Gasteiger partial charge in [-0.3, -0.25) is 4.79 Å². The van der Waals surface area contributed by atoms with Crippen LogP contribution in [0.5, 0.6) is 0 Å². The summed E-state index contributed by atoms with van der Waals surface area (Å²) in [6, 6.07) is 0. The molecule has 12 nitrogen and oxygen atoms in total.